The molecule has 0 radical (unpaired) electrons. The zero-order valence-corrected chi connectivity index (χ0v) is 20.4. The number of fused-ring (bicyclic) bond motifs is 3. The SMILES string of the molecule is CCOc1cccc2c1O[C@@](C)(CCC(=O)O)[C@H]1CC3(CO[C@H]21)CN(C(=O)CC1CCCC1)C3. The fourth-order valence-corrected chi connectivity index (χ4v) is 6.64. The van der Waals surface area contributed by atoms with E-state index in [2.05, 4.69) is 0 Å². The Balaban J connectivity index is 1.35. The number of hydrogen-bond acceptors (Lipinski definition) is 5. The Labute approximate surface area is 201 Å². The number of amides is 1. The van der Waals surface area contributed by atoms with Gasteiger partial charge in [-0.3, -0.25) is 9.59 Å². The van der Waals surface area contributed by atoms with Gasteiger partial charge in [0.2, 0.25) is 5.91 Å². The lowest BCUT2D eigenvalue weighted by atomic mass is 9.63. The standard InChI is InChI=1S/C27H37NO6/c1-3-32-21-10-6-9-19-24-20(26(2,34-25(19)21)12-11-23(30)31)14-27(17-33-24)15-28(16-27)22(29)13-18-7-4-5-8-18/h6,9-10,18,20,24H,3-5,7-8,11-17H2,1-2H3,(H,30,31)/t20-,24+,26-/m0/s1. The molecular weight excluding hydrogens is 434 g/mol. The minimum Gasteiger partial charge on any atom is -0.490 e. The maximum Gasteiger partial charge on any atom is 0.303 e. The van der Waals surface area contributed by atoms with Gasteiger partial charge in [0, 0.05) is 42.8 Å². The second kappa shape index (κ2) is 9.06. The van der Waals surface area contributed by atoms with Gasteiger partial charge in [0.15, 0.2) is 11.5 Å². The third-order valence-electron chi connectivity index (χ3n) is 8.50. The summed E-state index contributed by atoms with van der Waals surface area (Å²) in [6.45, 7) is 6.53. The molecule has 1 aliphatic carbocycles. The van der Waals surface area contributed by atoms with Crippen molar-refractivity contribution in [3.05, 3.63) is 23.8 Å². The molecule has 1 aromatic carbocycles. The molecule has 2 saturated heterocycles. The summed E-state index contributed by atoms with van der Waals surface area (Å²) in [6, 6.07) is 5.89. The summed E-state index contributed by atoms with van der Waals surface area (Å²) in [5.41, 5.74) is 0.215. The number of para-hydroxylation sites is 1. The number of aliphatic carboxylic acids is 1. The molecule has 186 valence electrons. The smallest absolute Gasteiger partial charge is 0.303 e. The molecular formula is C27H37NO6. The number of hydrogen-bond donors (Lipinski definition) is 1. The maximum absolute atomic E-state index is 12.8. The highest BCUT2D eigenvalue weighted by Gasteiger charge is 2.58. The molecule has 0 aromatic heterocycles. The zero-order chi connectivity index (χ0) is 23.9. The average Bonchev–Trinajstić information content (AvgIpc) is 3.30. The van der Waals surface area contributed by atoms with E-state index in [1.54, 1.807) is 0 Å². The lowest BCUT2D eigenvalue weighted by Crippen LogP contribution is -2.65. The van der Waals surface area contributed by atoms with Crippen LogP contribution in [0.3, 0.4) is 0 Å². The monoisotopic (exact) mass is 471 g/mol. The highest BCUT2D eigenvalue weighted by Crippen LogP contribution is 2.58. The van der Waals surface area contributed by atoms with Gasteiger partial charge in [-0.2, -0.15) is 0 Å². The summed E-state index contributed by atoms with van der Waals surface area (Å²) in [4.78, 5) is 26.3. The molecule has 1 saturated carbocycles. The van der Waals surface area contributed by atoms with E-state index >= 15 is 0 Å². The van der Waals surface area contributed by atoms with Crippen LogP contribution in [0, 0.1) is 17.3 Å². The van der Waals surface area contributed by atoms with Gasteiger partial charge in [-0.25, -0.2) is 0 Å². The van der Waals surface area contributed by atoms with Crippen LogP contribution in [0.25, 0.3) is 0 Å². The molecule has 3 aliphatic heterocycles. The van der Waals surface area contributed by atoms with Gasteiger partial charge < -0.3 is 24.2 Å². The highest BCUT2D eigenvalue weighted by atomic mass is 16.5. The van der Waals surface area contributed by atoms with Gasteiger partial charge in [0.1, 0.15) is 5.60 Å². The van der Waals surface area contributed by atoms with E-state index in [0.717, 1.165) is 25.1 Å². The van der Waals surface area contributed by atoms with E-state index in [1.807, 2.05) is 36.9 Å². The first-order chi connectivity index (χ1) is 16.3. The summed E-state index contributed by atoms with van der Waals surface area (Å²) < 4.78 is 19.0. The van der Waals surface area contributed by atoms with Gasteiger partial charge in [0.05, 0.1) is 19.3 Å². The van der Waals surface area contributed by atoms with Gasteiger partial charge in [0.25, 0.3) is 0 Å². The number of rotatable bonds is 7. The van der Waals surface area contributed by atoms with Gasteiger partial charge in [-0.15, -0.1) is 0 Å². The molecule has 3 atom stereocenters. The van der Waals surface area contributed by atoms with Crippen molar-refractivity contribution in [1.82, 2.24) is 4.90 Å². The molecule has 0 unspecified atom stereocenters. The van der Waals surface area contributed by atoms with Crippen LogP contribution < -0.4 is 9.47 Å². The lowest BCUT2D eigenvalue weighted by molar-refractivity contribution is -0.206. The van der Waals surface area contributed by atoms with Crippen molar-refractivity contribution in [3.63, 3.8) is 0 Å². The lowest BCUT2D eigenvalue weighted by Gasteiger charge is -2.59. The fourth-order valence-electron chi connectivity index (χ4n) is 6.64. The number of carbonyl (C=O) groups is 2. The number of carboxylic acids is 1. The third-order valence-corrected chi connectivity index (χ3v) is 8.50. The van der Waals surface area contributed by atoms with E-state index < -0.39 is 11.6 Å². The minimum absolute atomic E-state index is 0.0112. The summed E-state index contributed by atoms with van der Waals surface area (Å²) in [6.07, 6.45) is 6.66. The quantitative estimate of drug-likeness (QED) is 0.626. The average molecular weight is 472 g/mol. The Kier molecular flexibility index (Phi) is 6.25. The Morgan fingerprint density at radius 1 is 1.24 bits per heavy atom. The molecule has 1 aromatic rings. The summed E-state index contributed by atoms with van der Waals surface area (Å²) in [5, 5.41) is 9.41. The number of carbonyl (C=O) groups excluding carboxylic acids is 1. The Morgan fingerprint density at radius 2 is 2.00 bits per heavy atom. The van der Waals surface area contributed by atoms with Crippen LogP contribution in [0.4, 0.5) is 0 Å². The van der Waals surface area contributed by atoms with Gasteiger partial charge in [-0.1, -0.05) is 25.0 Å². The first kappa shape index (κ1) is 23.5. The van der Waals surface area contributed by atoms with Crippen LogP contribution in [0.15, 0.2) is 18.2 Å². The molecule has 34 heavy (non-hydrogen) atoms. The van der Waals surface area contributed by atoms with Crippen LogP contribution in [0.1, 0.15) is 76.9 Å². The Bertz CT molecular complexity index is 935. The van der Waals surface area contributed by atoms with Crippen molar-refractivity contribution < 1.29 is 28.9 Å². The molecule has 3 heterocycles. The van der Waals surface area contributed by atoms with E-state index in [1.165, 1.54) is 25.7 Å². The van der Waals surface area contributed by atoms with Crippen LogP contribution in [-0.4, -0.2) is 53.8 Å². The van der Waals surface area contributed by atoms with Crippen molar-refractivity contribution in [1.29, 1.82) is 0 Å². The van der Waals surface area contributed by atoms with Crippen molar-refractivity contribution >= 4 is 11.9 Å². The van der Waals surface area contributed by atoms with E-state index in [0.29, 0.717) is 43.5 Å². The Hall–Kier alpha value is -2.28. The van der Waals surface area contributed by atoms with Gasteiger partial charge >= 0.3 is 5.97 Å². The highest BCUT2D eigenvalue weighted by molar-refractivity contribution is 5.77. The normalized spacial score (nSPS) is 29.6. The van der Waals surface area contributed by atoms with Crippen LogP contribution >= 0.6 is 0 Å². The third kappa shape index (κ3) is 4.28. The largest absolute Gasteiger partial charge is 0.490 e. The number of ether oxygens (including phenoxy) is 3. The number of likely N-dealkylation sites (tertiary alicyclic amines) is 1. The molecule has 3 fully saturated rings. The van der Waals surface area contributed by atoms with Crippen molar-refractivity contribution in [2.45, 2.75) is 76.9 Å². The van der Waals surface area contributed by atoms with Crippen molar-refractivity contribution in [3.8, 4) is 11.5 Å². The second-order valence-electron chi connectivity index (χ2n) is 11.1. The fraction of sp³-hybridized carbons (Fsp3) is 0.704. The molecule has 4 aliphatic rings. The van der Waals surface area contributed by atoms with Crippen molar-refractivity contribution in [2.75, 3.05) is 26.3 Å². The predicted molar refractivity (Wildman–Crippen MR) is 126 cm³/mol. The molecule has 7 heteroatoms. The topological polar surface area (TPSA) is 85.3 Å². The summed E-state index contributed by atoms with van der Waals surface area (Å²) >= 11 is 0. The number of carboxylic acid groups (broad SMARTS) is 1. The van der Waals surface area contributed by atoms with Crippen LogP contribution in [0.2, 0.25) is 0 Å². The molecule has 1 N–H and O–H groups in total. The number of benzene rings is 1. The van der Waals surface area contributed by atoms with Crippen molar-refractivity contribution in [2.24, 2.45) is 17.3 Å². The van der Waals surface area contributed by atoms with E-state index in [-0.39, 0.29) is 29.8 Å². The van der Waals surface area contributed by atoms with E-state index in [4.69, 9.17) is 14.2 Å². The molecule has 1 spiro atoms. The molecule has 1 amide bonds. The molecule has 7 nitrogen and oxygen atoms in total. The van der Waals surface area contributed by atoms with E-state index in [9.17, 15) is 14.7 Å². The minimum atomic E-state index is -0.830. The van der Waals surface area contributed by atoms with Crippen LogP contribution in [0.5, 0.6) is 11.5 Å². The second-order valence-corrected chi connectivity index (χ2v) is 11.1. The summed E-state index contributed by atoms with van der Waals surface area (Å²) in [7, 11) is 0. The first-order valence-corrected chi connectivity index (χ1v) is 12.9. The predicted octanol–water partition coefficient (Wildman–Crippen LogP) is 4.59. The summed E-state index contributed by atoms with van der Waals surface area (Å²) in [5.74, 6) is 1.37. The van der Waals surface area contributed by atoms with Crippen LogP contribution in [-0.2, 0) is 14.3 Å². The molecule has 0 bridgehead atoms. The zero-order valence-electron chi connectivity index (χ0n) is 20.4. The molecule has 5 rings (SSSR count). The Morgan fingerprint density at radius 3 is 2.71 bits per heavy atom. The maximum atomic E-state index is 12.8. The van der Waals surface area contributed by atoms with Gasteiger partial charge in [-0.05, 0) is 51.5 Å². The first-order valence-electron chi connectivity index (χ1n) is 12.9. The number of nitrogens with zero attached hydrogens (tertiary/aromatic N) is 1.